The Labute approximate surface area is 231 Å². The number of rotatable bonds is 12. The van der Waals surface area contributed by atoms with Gasteiger partial charge in [0.15, 0.2) is 0 Å². The van der Waals surface area contributed by atoms with Crippen molar-refractivity contribution in [3.8, 4) is 0 Å². The van der Waals surface area contributed by atoms with Crippen molar-refractivity contribution in [1.82, 2.24) is 10.2 Å². The molecule has 0 aliphatic heterocycles. The predicted molar refractivity (Wildman–Crippen MR) is 154 cm³/mol. The average molecular weight is 588 g/mol. The summed E-state index contributed by atoms with van der Waals surface area (Å²) in [5.74, 6) is 0.743. The van der Waals surface area contributed by atoms with Gasteiger partial charge in [-0.25, -0.2) is 0 Å². The summed E-state index contributed by atoms with van der Waals surface area (Å²) in [7, 11) is 0. The van der Waals surface area contributed by atoms with Crippen LogP contribution in [0.2, 0.25) is 5.02 Å². The second kappa shape index (κ2) is 14.5. The normalized spacial score (nSPS) is 12.6. The molecule has 190 valence electrons. The molecule has 2 atom stereocenters. The molecular weight excluding hydrogens is 556 g/mol. The van der Waals surface area contributed by atoms with E-state index in [1.807, 2.05) is 92.7 Å². The summed E-state index contributed by atoms with van der Waals surface area (Å²) in [4.78, 5) is 28.9. The van der Waals surface area contributed by atoms with Gasteiger partial charge in [0.25, 0.3) is 0 Å². The molecule has 1 N–H and O–H groups in total. The first-order valence-electron chi connectivity index (χ1n) is 12.1. The van der Waals surface area contributed by atoms with Gasteiger partial charge in [0.2, 0.25) is 11.8 Å². The monoisotopic (exact) mass is 586 g/mol. The maximum absolute atomic E-state index is 13.7. The molecule has 0 aliphatic rings. The van der Waals surface area contributed by atoms with E-state index in [1.54, 1.807) is 16.7 Å². The van der Waals surface area contributed by atoms with Gasteiger partial charge in [-0.15, -0.1) is 11.8 Å². The lowest BCUT2D eigenvalue weighted by Gasteiger charge is -2.32. The number of benzene rings is 3. The molecule has 0 saturated heterocycles. The molecule has 4 nitrogen and oxygen atoms in total. The molecule has 0 spiro atoms. The fourth-order valence-corrected chi connectivity index (χ4v) is 5.06. The second-order valence-electron chi connectivity index (χ2n) is 8.76. The number of hydrogen-bond donors (Lipinski definition) is 1. The summed E-state index contributed by atoms with van der Waals surface area (Å²) >= 11 is 11.5. The highest BCUT2D eigenvalue weighted by atomic mass is 79.9. The summed E-state index contributed by atoms with van der Waals surface area (Å²) < 4.78 is 1.02. The lowest BCUT2D eigenvalue weighted by atomic mass is 10.0. The quantitative estimate of drug-likeness (QED) is 0.251. The molecule has 2 amide bonds. The van der Waals surface area contributed by atoms with Gasteiger partial charge in [-0.2, -0.15) is 0 Å². The van der Waals surface area contributed by atoms with Crippen LogP contribution in [0.1, 0.15) is 37.0 Å². The topological polar surface area (TPSA) is 49.4 Å². The highest BCUT2D eigenvalue weighted by molar-refractivity contribution is 9.10. The van der Waals surface area contributed by atoms with E-state index in [0.29, 0.717) is 17.2 Å². The average Bonchev–Trinajstić information content (AvgIpc) is 2.88. The SMILES string of the molecule is CC[C@@H](C)NC(=O)[C@H](Cc1ccccc1)N(Cc1ccccc1Cl)C(=O)CSCc1ccc(Br)cc1. The number of carbonyl (C=O) groups is 2. The van der Waals surface area contributed by atoms with Crippen LogP contribution in [0.15, 0.2) is 83.3 Å². The van der Waals surface area contributed by atoms with Crippen LogP contribution in [0, 0.1) is 0 Å². The molecular formula is C29H32BrClN2O2S. The maximum atomic E-state index is 13.7. The number of halogens is 2. The second-order valence-corrected chi connectivity index (χ2v) is 11.1. The van der Waals surface area contributed by atoms with Crippen LogP contribution in [-0.4, -0.2) is 34.6 Å². The minimum atomic E-state index is -0.654. The number of hydrogen-bond acceptors (Lipinski definition) is 3. The van der Waals surface area contributed by atoms with Crippen molar-refractivity contribution in [2.24, 2.45) is 0 Å². The molecule has 0 fully saturated rings. The van der Waals surface area contributed by atoms with Crippen LogP contribution in [-0.2, 0) is 28.3 Å². The summed E-state index contributed by atoms with van der Waals surface area (Å²) in [5, 5.41) is 3.68. The van der Waals surface area contributed by atoms with Crippen LogP contribution in [0.5, 0.6) is 0 Å². The van der Waals surface area contributed by atoms with Gasteiger partial charge in [0.05, 0.1) is 5.75 Å². The molecule has 3 aromatic rings. The first-order valence-corrected chi connectivity index (χ1v) is 14.4. The predicted octanol–water partition coefficient (Wildman–Crippen LogP) is 6.89. The molecule has 0 unspecified atom stereocenters. The number of carbonyl (C=O) groups excluding carboxylic acids is 2. The third-order valence-electron chi connectivity index (χ3n) is 5.98. The molecule has 0 radical (unpaired) electrons. The Morgan fingerprint density at radius 1 is 0.972 bits per heavy atom. The van der Waals surface area contributed by atoms with Crippen molar-refractivity contribution in [2.45, 2.75) is 51.1 Å². The van der Waals surface area contributed by atoms with Crippen molar-refractivity contribution in [2.75, 3.05) is 5.75 Å². The molecule has 3 aromatic carbocycles. The van der Waals surface area contributed by atoms with E-state index in [1.165, 1.54) is 0 Å². The molecule has 0 aromatic heterocycles. The zero-order valence-corrected chi connectivity index (χ0v) is 23.8. The fraction of sp³-hybridized carbons (Fsp3) is 0.310. The van der Waals surface area contributed by atoms with Gasteiger partial charge in [-0.1, -0.05) is 95.1 Å². The first-order chi connectivity index (χ1) is 17.4. The van der Waals surface area contributed by atoms with Gasteiger partial charge in [0.1, 0.15) is 6.04 Å². The van der Waals surface area contributed by atoms with Gasteiger partial charge in [-0.05, 0) is 48.2 Å². The lowest BCUT2D eigenvalue weighted by Crippen LogP contribution is -2.52. The zero-order valence-electron chi connectivity index (χ0n) is 20.6. The van der Waals surface area contributed by atoms with Crippen LogP contribution in [0.4, 0.5) is 0 Å². The highest BCUT2D eigenvalue weighted by Gasteiger charge is 2.31. The Kier molecular flexibility index (Phi) is 11.4. The van der Waals surface area contributed by atoms with E-state index >= 15 is 0 Å². The third-order valence-corrected chi connectivity index (χ3v) is 7.86. The highest BCUT2D eigenvalue weighted by Crippen LogP contribution is 2.22. The summed E-state index contributed by atoms with van der Waals surface area (Å²) in [6.07, 6.45) is 1.24. The van der Waals surface area contributed by atoms with Crippen LogP contribution >= 0.6 is 39.3 Å². The van der Waals surface area contributed by atoms with Gasteiger partial charge in [0, 0.05) is 34.3 Å². The molecule has 0 aliphatic carbocycles. The van der Waals surface area contributed by atoms with Crippen LogP contribution < -0.4 is 5.32 Å². The zero-order chi connectivity index (χ0) is 25.9. The van der Waals surface area contributed by atoms with Gasteiger partial charge in [-0.3, -0.25) is 9.59 Å². The van der Waals surface area contributed by atoms with Crippen LogP contribution in [0.3, 0.4) is 0 Å². The third kappa shape index (κ3) is 8.68. The number of amides is 2. The van der Waals surface area contributed by atoms with Crippen molar-refractivity contribution in [3.63, 3.8) is 0 Å². The van der Waals surface area contributed by atoms with Crippen molar-refractivity contribution < 1.29 is 9.59 Å². The van der Waals surface area contributed by atoms with Crippen molar-refractivity contribution in [1.29, 1.82) is 0 Å². The Hall–Kier alpha value is -2.28. The molecule has 7 heteroatoms. The Morgan fingerprint density at radius 2 is 1.64 bits per heavy atom. The molecule has 0 saturated carbocycles. The van der Waals surface area contributed by atoms with E-state index < -0.39 is 6.04 Å². The lowest BCUT2D eigenvalue weighted by molar-refractivity contribution is -0.139. The maximum Gasteiger partial charge on any atom is 0.243 e. The minimum absolute atomic E-state index is 0.0137. The van der Waals surface area contributed by atoms with E-state index in [2.05, 4.69) is 21.2 Å². The molecule has 36 heavy (non-hydrogen) atoms. The summed E-state index contributed by atoms with van der Waals surface area (Å²) in [6.45, 7) is 4.27. The number of thioether (sulfide) groups is 1. The van der Waals surface area contributed by atoms with Gasteiger partial charge >= 0.3 is 0 Å². The summed E-state index contributed by atoms with van der Waals surface area (Å²) in [6, 6.07) is 24.8. The van der Waals surface area contributed by atoms with Crippen molar-refractivity contribution in [3.05, 3.63) is 105 Å². The Balaban J connectivity index is 1.86. The van der Waals surface area contributed by atoms with Crippen molar-refractivity contribution >= 4 is 51.1 Å². The standard InChI is InChI=1S/C29H32BrClN2O2S/c1-3-21(2)32-29(35)27(17-22-9-5-4-6-10-22)33(18-24-11-7-8-12-26(24)31)28(34)20-36-19-23-13-15-25(30)16-14-23/h4-16,21,27H,3,17-20H2,1-2H3,(H,32,35)/t21-,27+/m1/s1. The Morgan fingerprint density at radius 3 is 2.31 bits per heavy atom. The van der Waals surface area contributed by atoms with Crippen LogP contribution in [0.25, 0.3) is 0 Å². The number of nitrogens with one attached hydrogen (secondary N) is 1. The minimum Gasteiger partial charge on any atom is -0.352 e. The molecule has 0 bridgehead atoms. The van der Waals surface area contributed by atoms with E-state index in [0.717, 1.165) is 27.6 Å². The smallest absolute Gasteiger partial charge is 0.243 e. The molecule has 3 rings (SSSR count). The first kappa shape index (κ1) is 28.3. The van der Waals surface area contributed by atoms with E-state index in [-0.39, 0.29) is 30.2 Å². The molecule has 0 heterocycles. The fourth-order valence-electron chi connectivity index (χ4n) is 3.72. The Bertz CT molecular complexity index is 1130. The summed E-state index contributed by atoms with van der Waals surface area (Å²) in [5.41, 5.74) is 2.96. The van der Waals surface area contributed by atoms with E-state index in [4.69, 9.17) is 11.6 Å². The largest absolute Gasteiger partial charge is 0.352 e. The van der Waals surface area contributed by atoms with E-state index in [9.17, 15) is 9.59 Å². The van der Waals surface area contributed by atoms with Gasteiger partial charge < -0.3 is 10.2 Å². The number of nitrogens with zero attached hydrogens (tertiary/aromatic N) is 1.